The van der Waals surface area contributed by atoms with Crippen molar-refractivity contribution in [3.8, 4) is 11.5 Å². The van der Waals surface area contributed by atoms with E-state index in [-0.39, 0.29) is 6.10 Å². The van der Waals surface area contributed by atoms with E-state index < -0.39 is 0 Å². The second-order valence-electron chi connectivity index (χ2n) is 5.45. The van der Waals surface area contributed by atoms with Crippen molar-refractivity contribution in [3.05, 3.63) is 72.3 Å². The smallest absolute Gasteiger partial charge is 0.187 e. The Bertz CT molecular complexity index is 763. The molecule has 0 unspecified atom stereocenters. The second kappa shape index (κ2) is 10.2. The van der Waals surface area contributed by atoms with Crippen LogP contribution >= 0.6 is 12.2 Å². The number of nitrogens with one attached hydrogen (secondary N) is 2. The monoisotopic (exact) mass is 369 g/mol. The molecule has 6 heteroatoms. The molecule has 0 fully saturated rings. The van der Waals surface area contributed by atoms with Crippen molar-refractivity contribution in [2.45, 2.75) is 13.0 Å². The summed E-state index contributed by atoms with van der Waals surface area (Å²) in [7, 11) is 1.61. The zero-order valence-corrected chi connectivity index (χ0v) is 15.8. The lowest BCUT2D eigenvalue weighted by Crippen LogP contribution is -2.31. The van der Waals surface area contributed by atoms with Gasteiger partial charge >= 0.3 is 0 Å². The predicted molar refractivity (Wildman–Crippen MR) is 110 cm³/mol. The van der Waals surface area contributed by atoms with E-state index in [9.17, 15) is 0 Å². The highest BCUT2D eigenvalue weighted by Crippen LogP contribution is 2.31. The largest absolute Gasteiger partial charge is 0.493 e. The molecule has 2 rings (SSSR count). The van der Waals surface area contributed by atoms with Crippen LogP contribution in [0.3, 0.4) is 0 Å². The maximum absolute atomic E-state index is 6.04. The van der Waals surface area contributed by atoms with Gasteiger partial charge in [-0.15, -0.1) is 6.58 Å². The molecule has 0 radical (unpaired) electrons. The van der Waals surface area contributed by atoms with E-state index in [1.54, 1.807) is 19.4 Å². The van der Waals surface area contributed by atoms with E-state index >= 15 is 0 Å². The zero-order valence-electron chi connectivity index (χ0n) is 14.9. The Balaban J connectivity index is 2.02. The van der Waals surface area contributed by atoms with Crippen LogP contribution in [0.5, 0.6) is 11.5 Å². The van der Waals surface area contributed by atoms with Crippen molar-refractivity contribution in [3.63, 3.8) is 0 Å². The standard InChI is InChI=1S/C20H23N3O2S/c1-4-12-21-20(26)23-22-14-16-10-11-18(19(13-16)24-3)25-15(2)17-8-6-5-7-9-17/h4-11,13-15H,1,12H2,2-3H3,(H2,21,23,26)/b22-14-/t15-/m0/s1. The molecule has 0 bridgehead atoms. The number of hydrazone groups is 1. The molecular formula is C20H23N3O2S. The average Bonchev–Trinajstić information content (AvgIpc) is 2.68. The summed E-state index contributed by atoms with van der Waals surface area (Å²) >= 11 is 5.07. The average molecular weight is 369 g/mol. The molecule has 0 amide bonds. The minimum Gasteiger partial charge on any atom is -0.493 e. The van der Waals surface area contributed by atoms with E-state index in [0.29, 0.717) is 23.2 Å². The van der Waals surface area contributed by atoms with Crippen LogP contribution in [0.2, 0.25) is 0 Å². The van der Waals surface area contributed by atoms with Crippen LogP contribution in [0, 0.1) is 0 Å². The number of nitrogens with zero attached hydrogens (tertiary/aromatic N) is 1. The van der Waals surface area contributed by atoms with Crippen molar-refractivity contribution in [1.82, 2.24) is 10.7 Å². The number of thiocarbonyl (C=S) groups is 1. The molecular weight excluding hydrogens is 346 g/mol. The van der Waals surface area contributed by atoms with Gasteiger partial charge in [-0.2, -0.15) is 5.10 Å². The Hall–Kier alpha value is -2.86. The maximum atomic E-state index is 6.04. The molecule has 0 aliphatic carbocycles. The van der Waals surface area contributed by atoms with Gasteiger partial charge in [-0.05, 0) is 48.5 Å². The van der Waals surface area contributed by atoms with E-state index in [1.807, 2.05) is 55.5 Å². The second-order valence-corrected chi connectivity index (χ2v) is 5.86. The first-order chi connectivity index (χ1) is 12.6. The summed E-state index contributed by atoms with van der Waals surface area (Å²) < 4.78 is 11.5. The summed E-state index contributed by atoms with van der Waals surface area (Å²) in [4.78, 5) is 0. The summed E-state index contributed by atoms with van der Waals surface area (Å²) in [5.74, 6) is 1.32. The molecule has 1 atom stereocenters. The highest BCUT2D eigenvalue weighted by molar-refractivity contribution is 7.80. The van der Waals surface area contributed by atoms with E-state index in [2.05, 4.69) is 22.4 Å². The molecule has 0 aliphatic rings. The van der Waals surface area contributed by atoms with E-state index in [4.69, 9.17) is 21.7 Å². The van der Waals surface area contributed by atoms with E-state index in [0.717, 1.165) is 11.1 Å². The van der Waals surface area contributed by atoms with Crippen LogP contribution in [0.4, 0.5) is 0 Å². The first-order valence-corrected chi connectivity index (χ1v) is 8.62. The lowest BCUT2D eigenvalue weighted by Gasteiger charge is -2.17. The molecule has 5 nitrogen and oxygen atoms in total. The molecule has 2 aromatic carbocycles. The molecule has 0 aromatic heterocycles. The normalized spacial score (nSPS) is 11.6. The maximum Gasteiger partial charge on any atom is 0.187 e. The molecule has 26 heavy (non-hydrogen) atoms. The summed E-state index contributed by atoms with van der Waals surface area (Å²) in [6.45, 7) is 6.20. The highest BCUT2D eigenvalue weighted by atomic mass is 32.1. The Morgan fingerprint density at radius 3 is 2.69 bits per heavy atom. The number of methoxy groups -OCH3 is 1. The Morgan fingerprint density at radius 1 is 1.23 bits per heavy atom. The predicted octanol–water partition coefficient (Wildman–Crippen LogP) is 3.82. The summed E-state index contributed by atoms with van der Waals surface area (Å²) in [6, 6.07) is 15.7. The topological polar surface area (TPSA) is 54.9 Å². The molecule has 0 heterocycles. The number of benzene rings is 2. The van der Waals surface area contributed by atoms with Crippen LogP contribution in [0.25, 0.3) is 0 Å². The lowest BCUT2D eigenvalue weighted by atomic mass is 10.1. The first kappa shape index (κ1) is 19.5. The van der Waals surface area contributed by atoms with Gasteiger partial charge in [-0.3, -0.25) is 5.43 Å². The molecule has 0 aliphatic heterocycles. The van der Waals surface area contributed by atoms with Crippen molar-refractivity contribution in [2.75, 3.05) is 13.7 Å². The third kappa shape index (κ3) is 5.89. The van der Waals surface area contributed by atoms with Crippen molar-refractivity contribution in [1.29, 1.82) is 0 Å². The molecule has 2 N–H and O–H groups in total. The highest BCUT2D eigenvalue weighted by Gasteiger charge is 2.11. The minimum atomic E-state index is -0.0837. The Morgan fingerprint density at radius 2 is 2.00 bits per heavy atom. The molecule has 2 aromatic rings. The summed E-state index contributed by atoms with van der Waals surface area (Å²) in [5.41, 5.74) is 4.71. The summed E-state index contributed by atoms with van der Waals surface area (Å²) in [5, 5.41) is 7.46. The SMILES string of the molecule is C=CCNC(=S)N/N=C\c1ccc(O[C@@H](C)c2ccccc2)c(OC)c1. The van der Waals surface area contributed by atoms with Crippen molar-refractivity contribution >= 4 is 23.5 Å². The van der Waals surface area contributed by atoms with Gasteiger partial charge in [0.25, 0.3) is 0 Å². The fraction of sp³-hybridized carbons (Fsp3) is 0.200. The van der Waals surface area contributed by atoms with Crippen LogP contribution in [-0.2, 0) is 0 Å². The first-order valence-electron chi connectivity index (χ1n) is 8.21. The van der Waals surface area contributed by atoms with Crippen molar-refractivity contribution < 1.29 is 9.47 Å². The quantitative estimate of drug-likeness (QED) is 0.321. The number of rotatable bonds is 8. The molecule has 0 saturated carbocycles. The zero-order chi connectivity index (χ0) is 18.8. The van der Waals surface area contributed by atoms with Gasteiger partial charge in [0.05, 0.1) is 13.3 Å². The van der Waals surface area contributed by atoms with Gasteiger partial charge in [-0.1, -0.05) is 36.4 Å². The number of ether oxygens (including phenoxy) is 2. The van der Waals surface area contributed by atoms with Crippen molar-refractivity contribution in [2.24, 2.45) is 5.10 Å². The van der Waals surface area contributed by atoms with Gasteiger partial charge in [0.15, 0.2) is 16.6 Å². The molecule has 136 valence electrons. The third-order valence-electron chi connectivity index (χ3n) is 3.55. The molecule has 0 spiro atoms. The van der Waals surface area contributed by atoms with Gasteiger partial charge in [0.2, 0.25) is 0 Å². The van der Waals surface area contributed by atoms with E-state index in [1.165, 1.54) is 0 Å². The van der Waals surface area contributed by atoms with Gasteiger partial charge in [0.1, 0.15) is 6.10 Å². The van der Waals surface area contributed by atoms with Crippen LogP contribution in [0.1, 0.15) is 24.2 Å². The Labute approximate surface area is 159 Å². The minimum absolute atomic E-state index is 0.0837. The number of hydrogen-bond donors (Lipinski definition) is 2. The summed E-state index contributed by atoms with van der Waals surface area (Å²) in [6.07, 6.45) is 3.30. The molecule has 0 saturated heterocycles. The van der Waals surface area contributed by atoms with Gasteiger partial charge in [0, 0.05) is 6.54 Å². The lowest BCUT2D eigenvalue weighted by molar-refractivity contribution is 0.216. The van der Waals surface area contributed by atoms with Crippen LogP contribution < -0.4 is 20.2 Å². The van der Waals surface area contributed by atoms with Gasteiger partial charge < -0.3 is 14.8 Å². The van der Waals surface area contributed by atoms with Crippen LogP contribution in [-0.4, -0.2) is 25.0 Å². The van der Waals surface area contributed by atoms with Crippen LogP contribution in [0.15, 0.2) is 66.3 Å². The Kier molecular flexibility index (Phi) is 7.64. The fourth-order valence-corrected chi connectivity index (χ4v) is 2.35. The fourth-order valence-electron chi connectivity index (χ4n) is 2.21. The number of hydrogen-bond acceptors (Lipinski definition) is 4. The third-order valence-corrected chi connectivity index (χ3v) is 3.78. The van der Waals surface area contributed by atoms with Gasteiger partial charge in [-0.25, -0.2) is 0 Å².